The van der Waals surface area contributed by atoms with Crippen molar-refractivity contribution in [2.24, 2.45) is 0 Å². The van der Waals surface area contributed by atoms with Gasteiger partial charge in [0.15, 0.2) is 0 Å². The normalized spacial score (nSPS) is 13.0. The summed E-state index contributed by atoms with van der Waals surface area (Å²) in [7, 11) is 0. The summed E-state index contributed by atoms with van der Waals surface area (Å²) < 4.78 is 0. The number of thiophene rings is 1. The van der Waals surface area contributed by atoms with Crippen molar-refractivity contribution in [1.29, 1.82) is 0 Å². The molecule has 0 spiro atoms. The van der Waals surface area contributed by atoms with Gasteiger partial charge in [0.2, 0.25) is 0 Å². The van der Waals surface area contributed by atoms with Crippen LogP contribution in [0.4, 0.5) is 0 Å². The molecule has 1 aromatic rings. The average Bonchev–Trinajstić information content (AvgIpc) is 2.58. The Labute approximate surface area is 104 Å². The highest BCUT2D eigenvalue weighted by Crippen LogP contribution is 2.29. The quantitative estimate of drug-likeness (QED) is 0.686. The van der Waals surface area contributed by atoms with Crippen molar-refractivity contribution in [3.05, 3.63) is 21.4 Å². The maximum absolute atomic E-state index is 3.61. The van der Waals surface area contributed by atoms with Gasteiger partial charge in [-0.3, -0.25) is 0 Å². The summed E-state index contributed by atoms with van der Waals surface area (Å²) in [4.78, 5) is 2.99. The van der Waals surface area contributed by atoms with E-state index in [-0.39, 0.29) is 0 Å². The molecule has 0 bridgehead atoms. The minimum Gasteiger partial charge on any atom is -0.310 e. The Morgan fingerprint density at radius 3 is 2.50 bits per heavy atom. The Kier molecular flexibility index (Phi) is 6.07. The van der Waals surface area contributed by atoms with Crippen LogP contribution in [-0.4, -0.2) is 6.54 Å². The van der Waals surface area contributed by atoms with Crippen LogP contribution in [0, 0.1) is 13.8 Å². The van der Waals surface area contributed by atoms with Gasteiger partial charge in [-0.15, -0.1) is 11.3 Å². The lowest BCUT2D eigenvalue weighted by atomic mass is 10.1. The molecule has 1 aromatic heterocycles. The summed E-state index contributed by atoms with van der Waals surface area (Å²) in [5, 5.41) is 3.61. The SMILES string of the molecule is CCCCCC(NCC)c1cc(C)c(C)s1. The second-order valence-electron chi connectivity index (χ2n) is 4.49. The first kappa shape index (κ1) is 13.7. The van der Waals surface area contributed by atoms with Crippen LogP contribution in [0.3, 0.4) is 0 Å². The van der Waals surface area contributed by atoms with Crippen molar-refractivity contribution in [3.8, 4) is 0 Å². The number of hydrogen-bond acceptors (Lipinski definition) is 2. The molecule has 1 nitrogen and oxygen atoms in total. The smallest absolute Gasteiger partial charge is 0.0414 e. The minimum atomic E-state index is 0.578. The first-order valence-electron chi connectivity index (χ1n) is 6.49. The highest BCUT2D eigenvalue weighted by Gasteiger charge is 2.13. The summed E-state index contributed by atoms with van der Waals surface area (Å²) in [5.41, 5.74) is 1.44. The van der Waals surface area contributed by atoms with Gasteiger partial charge in [-0.2, -0.15) is 0 Å². The third-order valence-corrected chi connectivity index (χ3v) is 4.34. The van der Waals surface area contributed by atoms with Crippen LogP contribution in [-0.2, 0) is 0 Å². The van der Waals surface area contributed by atoms with E-state index in [4.69, 9.17) is 0 Å². The fraction of sp³-hybridized carbons (Fsp3) is 0.714. The lowest BCUT2D eigenvalue weighted by Crippen LogP contribution is -2.19. The van der Waals surface area contributed by atoms with Gasteiger partial charge in [0, 0.05) is 15.8 Å². The fourth-order valence-electron chi connectivity index (χ4n) is 1.96. The van der Waals surface area contributed by atoms with Crippen molar-refractivity contribution in [1.82, 2.24) is 5.32 Å². The molecule has 0 saturated heterocycles. The average molecular weight is 239 g/mol. The Balaban J connectivity index is 2.61. The number of aryl methyl sites for hydroxylation is 2. The number of rotatable bonds is 7. The van der Waals surface area contributed by atoms with E-state index in [0.29, 0.717) is 6.04 Å². The molecule has 1 rings (SSSR count). The summed E-state index contributed by atoms with van der Waals surface area (Å²) in [6, 6.07) is 2.94. The molecule has 0 amide bonds. The lowest BCUT2D eigenvalue weighted by Gasteiger charge is -2.16. The van der Waals surface area contributed by atoms with E-state index in [1.54, 1.807) is 0 Å². The largest absolute Gasteiger partial charge is 0.310 e. The predicted molar refractivity (Wildman–Crippen MR) is 74.4 cm³/mol. The van der Waals surface area contributed by atoms with Crippen molar-refractivity contribution in [3.63, 3.8) is 0 Å². The summed E-state index contributed by atoms with van der Waals surface area (Å²) in [6.45, 7) is 9.96. The van der Waals surface area contributed by atoms with Gasteiger partial charge >= 0.3 is 0 Å². The van der Waals surface area contributed by atoms with Crippen LogP contribution >= 0.6 is 11.3 Å². The Bertz CT molecular complexity index is 284. The first-order chi connectivity index (χ1) is 7.69. The van der Waals surface area contributed by atoms with Crippen molar-refractivity contribution in [2.75, 3.05) is 6.54 Å². The molecular formula is C14H25NS. The van der Waals surface area contributed by atoms with Crippen molar-refractivity contribution in [2.45, 2.75) is 59.4 Å². The van der Waals surface area contributed by atoms with E-state index in [1.165, 1.54) is 41.0 Å². The fourth-order valence-corrected chi connectivity index (χ4v) is 3.12. The molecule has 1 unspecified atom stereocenters. The predicted octanol–water partition coefficient (Wildman–Crippen LogP) is 4.60. The maximum Gasteiger partial charge on any atom is 0.0414 e. The minimum absolute atomic E-state index is 0.578. The van der Waals surface area contributed by atoms with Crippen LogP contribution < -0.4 is 5.32 Å². The maximum atomic E-state index is 3.61. The van der Waals surface area contributed by atoms with Gasteiger partial charge < -0.3 is 5.32 Å². The molecule has 92 valence electrons. The topological polar surface area (TPSA) is 12.0 Å². The van der Waals surface area contributed by atoms with Gasteiger partial charge in [-0.05, 0) is 38.4 Å². The van der Waals surface area contributed by atoms with E-state index in [1.807, 2.05) is 11.3 Å². The summed E-state index contributed by atoms with van der Waals surface area (Å²) in [6.07, 6.45) is 5.28. The standard InChI is InChI=1S/C14H25NS/c1-5-7-8-9-13(15-6-2)14-10-11(3)12(4)16-14/h10,13,15H,5-9H2,1-4H3. The third kappa shape index (κ3) is 3.91. The number of nitrogens with one attached hydrogen (secondary N) is 1. The molecule has 0 saturated carbocycles. The van der Waals surface area contributed by atoms with Gasteiger partial charge in [-0.25, -0.2) is 0 Å². The molecule has 2 heteroatoms. The van der Waals surface area contributed by atoms with Crippen LogP contribution in [0.25, 0.3) is 0 Å². The van der Waals surface area contributed by atoms with Gasteiger partial charge in [0.05, 0.1) is 0 Å². The van der Waals surface area contributed by atoms with E-state index >= 15 is 0 Å². The first-order valence-corrected chi connectivity index (χ1v) is 7.31. The van der Waals surface area contributed by atoms with Crippen LogP contribution in [0.1, 0.15) is 60.9 Å². The Hall–Kier alpha value is -0.340. The molecule has 1 N–H and O–H groups in total. The highest BCUT2D eigenvalue weighted by molar-refractivity contribution is 7.12. The molecule has 0 aliphatic rings. The van der Waals surface area contributed by atoms with Crippen molar-refractivity contribution < 1.29 is 0 Å². The molecule has 0 radical (unpaired) electrons. The zero-order chi connectivity index (χ0) is 12.0. The number of unbranched alkanes of at least 4 members (excludes halogenated alkanes) is 2. The molecule has 0 fully saturated rings. The molecule has 1 heterocycles. The molecule has 1 atom stereocenters. The molecular weight excluding hydrogens is 214 g/mol. The highest BCUT2D eigenvalue weighted by atomic mass is 32.1. The summed E-state index contributed by atoms with van der Waals surface area (Å²) in [5.74, 6) is 0. The van der Waals surface area contributed by atoms with E-state index in [2.05, 4.69) is 39.1 Å². The van der Waals surface area contributed by atoms with Crippen LogP contribution in [0.2, 0.25) is 0 Å². The van der Waals surface area contributed by atoms with Crippen LogP contribution in [0.15, 0.2) is 6.07 Å². The van der Waals surface area contributed by atoms with Crippen molar-refractivity contribution >= 4 is 11.3 Å². The Morgan fingerprint density at radius 1 is 1.25 bits per heavy atom. The zero-order valence-electron chi connectivity index (χ0n) is 11.1. The molecule has 16 heavy (non-hydrogen) atoms. The van der Waals surface area contributed by atoms with E-state index in [0.717, 1.165) is 6.54 Å². The van der Waals surface area contributed by atoms with Gasteiger partial charge in [0.1, 0.15) is 0 Å². The second-order valence-corrected chi connectivity index (χ2v) is 5.78. The van der Waals surface area contributed by atoms with Crippen LogP contribution in [0.5, 0.6) is 0 Å². The van der Waals surface area contributed by atoms with Gasteiger partial charge in [0.25, 0.3) is 0 Å². The number of hydrogen-bond donors (Lipinski definition) is 1. The molecule has 0 aliphatic heterocycles. The molecule has 0 aliphatic carbocycles. The van der Waals surface area contributed by atoms with Gasteiger partial charge in [-0.1, -0.05) is 33.1 Å². The molecule has 0 aromatic carbocycles. The Morgan fingerprint density at radius 2 is 2.00 bits per heavy atom. The third-order valence-electron chi connectivity index (χ3n) is 3.08. The second kappa shape index (κ2) is 7.08. The van der Waals surface area contributed by atoms with E-state index in [9.17, 15) is 0 Å². The lowest BCUT2D eigenvalue weighted by molar-refractivity contribution is 0.493. The summed E-state index contributed by atoms with van der Waals surface area (Å²) >= 11 is 1.96. The monoisotopic (exact) mass is 239 g/mol. The van der Waals surface area contributed by atoms with E-state index < -0.39 is 0 Å². The zero-order valence-corrected chi connectivity index (χ0v) is 11.9.